The van der Waals surface area contributed by atoms with Crippen LogP contribution in [0.5, 0.6) is 0 Å². The first-order chi connectivity index (χ1) is 8.05. The lowest BCUT2D eigenvalue weighted by atomic mass is 10.2. The molecule has 17 heavy (non-hydrogen) atoms. The Bertz CT molecular complexity index is 540. The van der Waals surface area contributed by atoms with E-state index in [0.29, 0.717) is 18.0 Å². The van der Waals surface area contributed by atoms with Gasteiger partial charge in [-0.1, -0.05) is 19.1 Å². The SMILES string of the molecule is CC(CS)CN1C=Nc2ccccc2S1(=O)=O. The van der Waals surface area contributed by atoms with Gasteiger partial charge in [0, 0.05) is 6.54 Å². The summed E-state index contributed by atoms with van der Waals surface area (Å²) in [5.41, 5.74) is 0.502. The lowest BCUT2D eigenvalue weighted by Gasteiger charge is -2.25. The molecule has 1 aromatic carbocycles. The molecule has 1 heterocycles. The van der Waals surface area contributed by atoms with Crippen LogP contribution in [0.15, 0.2) is 34.2 Å². The first-order valence-corrected chi connectivity index (χ1v) is 7.39. The molecule has 1 aliphatic rings. The molecule has 6 heteroatoms. The summed E-state index contributed by atoms with van der Waals surface area (Å²) in [7, 11) is -3.44. The summed E-state index contributed by atoms with van der Waals surface area (Å²) in [6.45, 7) is 2.36. The third kappa shape index (κ3) is 2.32. The molecule has 92 valence electrons. The minimum Gasteiger partial charge on any atom is -0.256 e. The van der Waals surface area contributed by atoms with E-state index in [-0.39, 0.29) is 10.8 Å². The van der Waals surface area contributed by atoms with Crippen molar-refractivity contribution in [1.29, 1.82) is 0 Å². The van der Waals surface area contributed by atoms with E-state index in [1.807, 2.05) is 6.92 Å². The van der Waals surface area contributed by atoms with Gasteiger partial charge >= 0.3 is 0 Å². The largest absolute Gasteiger partial charge is 0.267 e. The highest BCUT2D eigenvalue weighted by Crippen LogP contribution is 2.30. The molecule has 0 N–H and O–H groups in total. The standard InChI is InChI=1S/C11H14N2O2S2/c1-9(7-16)6-13-8-12-10-4-2-3-5-11(10)17(13,14)15/h2-5,8-9,16H,6-7H2,1H3. The predicted octanol–water partition coefficient (Wildman–Crippen LogP) is 1.92. The van der Waals surface area contributed by atoms with Crippen molar-refractivity contribution in [2.75, 3.05) is 12.3 Å². The Balaban J connectivity index is 2.38. The molecule has 0 aliphatic carbocycles. The second-order valence-corrected chi connectivity index (χ2v) is 6.30. The number of aliphatic imine (C=N–C) groups is 1. The summed E-state index contributed by atoms with van der Waals surface area (Å²) in [5, 5.41) is 0. The van der Waals surface area contributed by atoms with Gasteiger partial charge in [-0.25, -0.2) is 13.4 Å². The van der Waals surface area contributed by atoms with Gasteiger partial charge in [0.2, 0.25) is 0 Å². The van der Waals surface area contributed by atoms with Crippen LogP contribution in [0.3, 0.4) is 0 Å². The molecule has 0 radical (unpaired) electrons. The maximum Gasteiger partial charge on any atom is 0.267 e. The highest BCUT2D eigenvalue weighted by atomic mass is 32.2. The normalized spacial score (nSPS) is 18.8. The lowest BCUT2D eigenvalue weighted by molar-refractivity contribution is 0.476. The fourth-order valence-electron chi connectivity index (χ4n) is 1.61. The molecular weight excluding hydrogens is 256 g/mol. The van der Waals surface area contributed by atoms with Gasteiger partial charge < -0.3 is 0 Å². The first kappa shape index (κ1) is 12.4. The highest BCUT2D eigenvalue weighted by molar-refractivity contribution is 7.89. The maximum atomic E-state index is 12.3. The van der Waals surface area contributed by atoms with Crippen LogP contribution in [-0.4, -0.2) is 31.4 Å². The van der Waals surface area contributed by atoms with Crippen molar-refractivity contribution in [2.45, 2.75) is 11.8 Å². The van der Waals surface area contributed by atoms with Gasteiger partial charge in [-0.15, -0.1) is 0 Å². The predicted molar refractivity (Wildman–Crippen MR) is 71.5 cm³/mol. The Labute approximate surface area is 107 Å². The zero-order valence-corrected chi connectivity index (χ0v) is 11.2. The highest BCUT2D eigenvalue weighted by Gasteiger charge is 2.28. The summed E-state index contributed by atoms with van der Waals surface area (Å²) >= 11 is 4.16. The fraction of sp³-hybridized carbons (Fsp3) is 0.364. The van der Waals surface area contributed by atoms with Crippen molar-refractivity contribution < 1.29 is 8.42 Å². The van der Waals surface area contributed by atoms with Gasteiger partial charge in [-0.2, -0.15) is 12.6 Å². The number of nitrogens with zero attached hydrogens (tertiary/aromatic N) is 2. The summed E-state index contributed by atoms with van der Waals surface area (Å²) < 4.78 is 25.8. The van der Waals surface area contributed by atoms with Crippen LogP contribution in [-0.2, 0) is 10.0 Å². The topological polar surface area (TPSA) is 49.7 Å². The van der Waals surface area contributed by atoms with Crippen molar-refractivity contribution in [2.24, 2.45) is 10.9 Å². The zero-order chi connectivity index (χ0) is 12.5. The average Bonchev–Trinajstić information content (AvgIpc) is 2.33. The van der Waals surface area contributed by atoms with Gasteiger partial charge in [0.15, 0.2) is 0 Å². The van der Waals surface area contributed by atoms with Crippen molar-refractivity contribution >= 4 is 34.7 Å². The van der Waals surface area contributed by atoms with E-state index in [9.17, 15) is 8.42 Å². The van der Waals surface area contributed by atoms with Gasteiger partial charge in [0.05, 0.1) is 5.69 Å². The van der Waals surface area contributed by atoms with Crippen LogP contribution in [0.2, 0.25) is 0 Å². The smallest absolute Gasteiger partial charge is 0.256 e. The second-order valence-electron chi connectivity index (χ2n) is 4.07. The molecule has 1 atom stereocenters. The van der Waals surface area contributed by atoms with Crippen LogP contribution in [0, 0.1) is 5.92 Å². The summed E-state index contributed by atoms with van der Waals surface area (Å²) in [4.78, 5) is 4.43. The number of para-hydroxylation sites is 1. The molecule has 1 unspecified atom stereocenters. The van der Waals surface area contributed by atoms with Crippen LogP contribution >= 0.6 is 12.6 Å². The molecule has 4 nitrogen and oxygen atoms in total. The number of hydrogen-bond acceptors (Lipinski definition) is 4. The zero-order valence-electron chi connectivity index (χ0n) is 9.44. The quantitative estimate of drug-likeness (QED) is 0.853. The molecule has 0 amide bonds. The fourth-order valence-corrected chi connectivity index (χ4v) is 3.23. The molecule has 0 aromatic heterocycles. The molecule has 0 spiro atoms. The number of thiol groups is 1. The molecule has 0 saturated heterocycles. The van der Waals surface area contributed by atoms with Crippen LogP contribution < -0.4 is 0 Å². The maximum absolute atomic E-state index is 12.3. The number of sulfonamides is 1. The number of rotatable bonds is 3. The average molecular weight is 270 g/mol. The van der Waals surface area contributed by atoms with Crippen LogP contribution in [0.25, 0.3) is 0 Å². The van der Waals surface area contributed by atoms with E-state index in [2.05, 4.69) is 17.6 Å². The number of hydrogen-bond donors (Lipinski definition) is 1. The lowest BCUT2D eigenvalue weighted by Crippen LogP contribution is -2.35. The van der Waals surface area contributed by atoms with Crippen molar-refractivity contribution in [3.8, 4) is 0 Å². The molecule has 0 bridgehead atoms. The molecule has 1 aliphatic heterocycles. The monoisotopic (exact) mass is 270 g/mol. The van der Waals surface area contributed by atoms with Gasteiger partial charge in [0.25, 0.3) is 10.0 Å². The second kappa shape index (κ2) is 4.70. The Morgan fingerprint density at radius 1 is 1.41 bits per heavy atom. The van der Waals surface area contributed by atoms with E-state index < -0.39 is 10.0 Å². The molecule has 0 fully saturated rings. The van der Waals surface area contributed by atoms with Crippen molar-refractivity contribution in [3.63, 3.8) is 0 Å². The summed E-state index contributed by atoms with van der Waals surface area (Å²) in [6.07, 6.45) is 1.39. The van der Waals surface area contributed by atoms with Gasteiger partial charge in [-0.3, -0.25) is 4.31 Å². The van der Waals surface area contributed by atoms with Gasteiger partial charge in [-0.05, 0) is 23.8 Å². The Kier molecular flexibility index (Phi) is 3.44. The molecule has 2 rings (SSSR count). The Hall–Kier alpha value is -1.01. The molecule has 0 saturated carbocycles. The third-order valence-corrected chi connectivity index (χ3v) is 4.97. The van der Waals surface area contributed by atoms with E-state index in [4.69, 9.17) is 0 Å². The number of fused-ring (bicyclic) bond motifs is 1. The first-order valence-electron chi connectivity index (χ1n) is 5.31. The van der Waals surface area contributed by atoms with E-state index in [1.54, 1.807) is 24.3 Å². The third-order valence-electron chi connectivity index (χ3n) is 2.58. The van der Waals surface area contributed by atoms with Crippen molar-refractivity contribution in [3.05, 3.63) is 24.3 Å². The van der Waals surface area contributed by atoms with E-state index in [0.717, 1.165) is 0 Å². The molecule has 1 aromatic rings. The molecular formula is C11H14N2O2S2. The number of benzene rings is 1. The Morgan fingerprint density at radius 3 is 2.82 bits per heavy atom. The minimum absolute atomic E-state index is 0.185. The van der Waals surface area contributed by atoms with E-state index >= 15 is 0 Å². The van der Waals surface area contributed by atoms with E-state index in [1.165, 1.54) is 10.6 Å². The summed E-state index contributed by atoms with van der Waals surface area (Å²) in [6, 6.07) is 6.76. The van der Waals surface area contributed by atoms with Gasteiger partial charge in [0.1, 0.15) is 11.2 Å². The van der Waals surface area contributed by atoms with Crippen molar-refractivity contribution in [1.82, 2.24) is 4.31 Å². The Morgan fingerprint density at radius 2 is 2.12 bits per heavy atom. The van der Waals surface area contributed by atoms with Crippen LogP contribution in [0.4, 0.5) is 5.69 Å². The summed E-state index contributed by atoms with van der Waals surface area (Å²) in [5.74, 6) is 0.825. The minimum atomic E-state index is -3.44. The van der Waals surface area contributed by atoms with Crippen LogP contribution in [0.1, 0.15) is 6.92 Å².